The number of carbonyl (C=O) groups excluding carboxylic acids is 1. The molecule has 0 bridgehead atoms. The summed E-state index contributed by atoms with van der Waals surface area (Å²) in [6.45, 7) is 2.18. The minimum Gasteiger partial charge on any atom is -0.445 e. The van der Waals surface area contributed by atoms with Crippen LogP contribution in [-0.2, 0) is 11.3 Å². The van der Waals surface area contributed by atoms with Gasteiger partial charge in [-0.05, 0) is 18.6 Å². The highest BCUT2D eigenvalue weighted by Crippen LogP contribution is 2.15. The minimum atomic E-state index is -0.519. The van der Waals surface area contributed by atoms with Crippen LogP contribution >= 0.6 is 0 Å². The average Bonchev–Trinajstić information content (AvgIpc) is 2.55. The van der Waals surface area contributed by atoms with Gasteiger partial charge in [0.2, 0.25) is 0 Å². The molecule has 0 saturated carbocycles. The summed E-state index contributed by atoms with van der Waals surface area (Å²) < 4.78 is 5.07. The van der Waals surface area contributed by atoms with Crippen LogP contribution in [0.2, 0.25) is 0 Å². The highest BCUT2D eigenvalue weighted by molar-refractivity contribution is 5.67. The number of aromatic nitrogens is 1. The number of nitrogens with zero attached hydrogens (tertiary/aromatic N) is 1. The van der Waals surface area contributed by atoms with E-state index in [9.17, 15) is 4.79 Å². The molecule has 2 aromatic rings. The molecule has 1 aromatic heterocycles. The minimum absolute atomic E-state index is 0.164. The molecular formula is C17H18N4O2. The van der Waals surface area contributed by atoms with E-state index in [1.165, 1.54) is 0 Å². The van der Waals surface area contributed by atoms with E-state index >= 15 is 0 Å². The Hall–Kier alpha value is -3.20. The summed E-state index contributed by atoms with van der Waals surface area (Å²) >= 11 is 0. The second-order valence-electron chi connectivity index (χ2n) is 4.81. The zero-order valence-electron chi connectivity index (χ0n) is 12.8. The number of aryl methyl sites for hydroxylation is 1. The molecule has 6 nitrogen and oxygen atoms in total. The third-order valence-electron chi connectivity index (χ3n) is 3.03. The fourth-order valence-electron chi connectivity index (χ4n) is 1.80. The van der Waals surface area contributed by atoms with Crippen molar-refractivity contribution in [3.05, 3.63) is 53.2 Å². The van der Waals surface area contributed by atoms with Crippen LogP contribution in [0.3, 0.4) is 0 Å². The molecule has 0 saturated heterocycles. The summed E-state index contributed by atoms with van der Waals surface area (Å²) in [5.41, 5.74) is 14.0. The monoisotopic (exact) mass is 310 g/mol. The standard InChI is InChI=1S/C17H18N4O2/c1-12-14(10-15(18)16(19)21-12)8-5-9-20-17(22)23-11-13-6-3-2-4-7-13/h2-4,6-7,10H,9,11,18H2,1H3,(H2,19,21)(H,20,22). The number of anilines is 2. The summed E-state index contributed by atoms with van der Waals surface area (Å²) in [6, 6.07) is 11.1. The quantitative estimate of drug-likeness (QED) is 0.750. The molecule has 1 heterocycles. The van der Waals surface area contributed by atoms with Crippen molar-refractivity contribution in [1.82, 2.24) is 10.3 Å². The number of hydrogen-bond acceptors (Lipinski definition) is 5. The summed E-state index contributed by atoms with van der Waals surface area (Å²) in [5.74, 6) is 6.00. The smallest absolute Gasteiger partial charge is 0.408 e. The molecule has 23 heavy (non-hydrogen) atoms. The van der Waals surface area contributed by atoms with Gasteiger partial charge in [-0.3, -0.25) is 0 Å². The molecule has 0 aliphatic heterocycles. The van der Waals surface area contributed by atoms with Gasteiger partial charge in [-0.25, -0.2) is 9.78 Å². The summed E-state index contributed by atoms with van der Waals surface area (Å²) in [4.78, 5) is 15.6. The van der Waals surface area contributed by atoms with Gasteiger partial charge in [-0.15, -0.1) is 0 Å². The number of amides is 1. The lowest BCUT2D eigenvalue weighted by Gasteiger charge is -2.04. The van der Waals surface area contributed by atoms with Crippen LogP contribution in [0.1, 0.15) is 16.8 Å². The van der Waals surface area contributed by atoms with Crippen LogP contribution in [0.15, 0.2) is 36.4 Å². The van der Waals surface area contributed by atoms with Gasteiger partial charge in [-0.1, -0.05) is 42.2 Å². The van der Waals surface area contributed by atoms with E-state index in [4.69, 9.17) is 16.2 Å². The maximum absolute atomic E-state index is 11.5. The highest BCUT2D eigenvalue weighted by atomic mass is 16.5. The number of alkyl carbamates (subject to hydrolysis) is 1. The third kappa shape index (κ3) is 4.93. The maximum atomic E-state index is 11.5. The number of ether oxygens (including phenoxy) is 1. The molecule has 0 spiro atoms. The molecule has 1 aromatic carbocycles. The van der Waals surface area contributed by atoms with E-state index in [0.29, 0.717) is 16.9 Å². The zero-order valence-corrected chi connectivity index (χ0v) is 12.8. The first-order valence-electron chi connectivity index (χ1n) is 7.02. The Kier molecular flexibility index (Phi) is 5.42. The second-order valence-corrected chi connectivity index (χ2v) is 4.81. The normalized spacial score (nSPS) is 9.61. The van der Waals surface area contributed by atoms with Crippen LogP contribution in [-0.4, -0.2) is 17.6 Å². The van der Waals surface area contributed by atoms with Gasteiger partial charge in [-0.2, -0.15) is 0 Å². The molecular weight excluding hydrogens is 292 g/mol. The Morgan fingerprint density at radius 2 is 2.04 bits per heavy atom. The molecule has 118 valence electrons. The number of pyridine rings is 1. The van der Waals surface area contributed by atoms with Crippen LogP contribution < -0.4 is 16.8 Å². The summed E-state index contributed by atoms with van der Waals surface area (Å²) in [6.07, 6.45) is -0.519. The Balaban J connectivity index is 1.81. The lowest BCUT2D eigenvalue weighted by molar-refractivity contribution is 0.141. The number of carbonyl (C=O) groups is 1. The number of hydrogen-bond donors (Lipinski definition) is 3. The molecule has 2 rings (SSSR count). The third-order valence-corrected chi connectivity index (χ3v) is 3.03. The average molecular weight is 310 g/mol. The molecule has 0 radical (unpaired) electrons. The van der Waals surface area contributed by atoms with Crippen LogP contribution in [0, 0.1) is 18.8 Å². The number of benzene rings is 1. The molecule has 0 aliphatic rings. The topological polar surface area (TPSA) is 103 Å². The first kappa shape index (κ1) is 16.2. The van der Waals surface area contributed by atoms with Gasteiger partial charge in [0.05, 0.1) is 17.9 Å². The fraction of sp³-hybridized carbons (Fsp3) is 0.176. The number of rotatable bonds is 3. The van der Waals surface area contributed by atoms with Gasteiger partial charge >= 0.3 is 6.09 Å². The van der Waals surface area contributed by atoms with Crippen LogP contribution in [0.4, 0.5) is 16.3 Å². The molecule has 5 N–H and O–H groups in total. The molecule has 1 amide bonds. The highest BCUT2D eigenvalue weighted by Gasteiger charge is 2.02. The van der Waals surface area contributed by atoms with Crippen molar-refractivity contribution in [2.75, 3.05) is 18.0 Å². The molecule has 0 atom stereocenters. The van der Waals surface area contributed by atoms with Gasteiger partial charge in [0.25, 0.3) is 0 Å². The first-order chi connectivity index (χ1) is 11.1. The van der Waals surface area contributed by atoms with Crippen LogP contribution in [0.5, 0.6) is 0 Å². The van der Waals surface area contributed by atoms with E-state index in [1.54, 1.807) is 13.0 Å². The second kappa shape index (κ2) is 7.71. The number of nitrogen functional groups attached to an aromatic ring is 2. The predicted octanol–water partition coefficient (Wildman–Crippen LogP) is 1.83. The predicted molar refractivity (Wildman–Crippen MR) is 89.3 cm³/mol. The lowest BCUT2D eigenvalue weighted by atomic mass is 10.2. The van der Waals surface area contributed by atoms with Gasteiger partial charge < -0.3 is 21.5 Å². The SMILES string of the molecule is Cc1nc(N)c(N)cc1C#CCNC(=O)OCc1ccccc1. The molecule has 0 unspecified atom stereocenters. The zero-order chi connectivity index (χ0) is 16.7. The van der Waals surface area contributed by atoms with Crippen molar-refractivity contribution >= 4 is 17.6 Å². The van der Waals surface area contributed by atoms with Gasteiger partial charge in [0.15, 0.2) is 0 Å². The largest absolute Gasteiger partial charge is 0.445 e. The molecule has 0 aliphatic carbocycles. The maximum Gasteiger partial charge on any atom is 0.408 e. The fourth-order valence-corrected chi connectivity index (χ4v) is 1.80. The number of nitrogens with one attached hydrogen (secondary N) is 1. The van der Waals surface area contributed by atoms with E-state index in [0.717, 1.165) is 5.56 Å². The Morgan fingerprint density at radius 1 is 1.30 bits per heavy atom. The summed E-state index contributed by atoms with van der Waals surface area (Å²) in [5, 5.41) is 2.56. The molecule has 6 heteroatoms. The van der Waals surface area contributed by atoms with E-state index in [-0.39, 0.29) is 19.0 Å². The number of nitrogens with two attached hydrogens (primary N) is 2. The Morgan fingerprint density at radius 3 is 2.78 bits per heavy atom. The van der Waals surface area contributed by atoms with Crippen molar-refractivity contribution in [3.63, 3.8) is 0 Å². The van der Waals surface area contributed by atoms with Crippen molar-refractivity contribution in [2.24, 2.45) is 0 Å². The summed E-state index contributed by atoms with van der Waals surface area (Å²) in [7, 11) is 0. The van der Waals surface area contributed by atoms with E-state index in [2.05, 4.69) is 22.1 Å². The van der Waals surface area contributed by atoms with Crippen molar-refractivity contribution in [1.29, 1.82) is 0 Å². The van der Waals surface area contributed by atoms with Crippen molar-refractivity contribution in [2.45, 2.75) is 13.5 Å². The first-order valence-corrected chi connectivity index (χ1v) is 7.02. The van der Waals surface area contributed by atoms with Crippen molar-refractivity contribution < 1.29 is 9.53 Å². The Labute approximate surface area is 134 Å². The van der Waals surface area contributed by atoms with Gasteiger partial charge in [0, 0.05) is 5.56 Å². The van der Waals surface area contributed by atoms with Crippen LogP contribution in [0.25, 0.3) is 0 Å². The van der Waals surface area contributed by atoms with E-state index < -0.39 is 6.09 Å². The van der Waals surface area contributed by atoms with E-state index in [1.807, 2.05) is 30.3 Å². The van der Waals surface area contributed by atoms with Crippen molar-refractivity contribution in [3.8, 4) is 11.8 Å². The van der Waals surface area contributed by atoms with Gasteiger partial charge in [0.1, 0.15) is 12.4 Å². The molecule has 0 fully saturated rings. The Bertz CT molecular complexity index is 748. The lowest BCUT2D eigenvalue weighted by Crippen LogP contribution is -2.24.